The number of esters is 3. The highest BCUT2D eigenvalue weighted by molar-refractivity contribution is 5.71. The van der Waals surface area contributed by atoms with Crippen molar-refractivity contribution in [1.82, 2.24) is 0 Å². The highest BCUT2D eigenvalue weighted by Gasteiger charge is 2.19. The van der Waals surface area contributed by atoms with E-state index in [0.717, 1.165) is 51.4 Å². The molecule has 0 aromatic heterocycles. The normalized spacial score (nSPS) is 12.1. The number of hydrogen-bond acceptors (Lipinski definition) is 6. The number of allylic oxidation sites excluding steroid dienone is 4. The molecule has 53 heavy (non-hydrogen) atoms. The average molecular weight is 747 g/mol. The smallest absolute Gasteiger partial charge is 0.306 e. The quantitative estimate of drug-likeness (QED) is 0.0268. The Morgan fingerprint density at radius 3 is 1.02 bits per heavy atom. The van der Waals surface area contributed by atoms with Crippen molar-refractivity contribution in [2.75, 3.05) is 13.2 Å². The van der Waals surface area contributed by atoms with Crippen molar-refractivity contribution < 1.29 is 28.6 Å². The molecule has 0 amide bonds. The molecule has 0 radical (unpaired) electrons. The van der Waals surface area contributed by atoms with Gasteiger partial charge in [0.1, 0.15) is 13.2 Å². The molecule has 0 N–H and O–H groups in total. The van der Waals surface area contributed by atoms with Gasteiger partial charge in [-0.1, -0.05) is 180 Å². The van der Waals surface area contributed by atoms with Crippen molar-refractivity contribution in [3.05, 3.63) is 24.3 Å². The number of rotatable bonds is 41. The van der Waals surface area contributed by atoms with Crippen LogP contribution in [0.2, 0.25) is 0 Å². The van der Waals surface area contributed by atoms with Crippen LogP contribution in [0.5, 0.6) is 0 Å². The first-order valence-electron chi connectivity index (χ1n) is 22.8. The SMILES string of the molecule is CCCCCC/C=C\CCCC(=O)OC(COC(=O)CCCCCCCCC/C=C\CCCCCCCC)COC(=O)CCCCCCCCCCC. The summed E-state index contributed by atoms with van der Waals surface area (Å²) in [5.41, 5.74) is 0. The second-order valence-corrected chi connectivity index (χ2v) is 15.3. The van der Waals surface area contributed by atoms with Gasteiger partial charge < -0.3 is 14.2 Å². The van der Waals surface area contributed by atoms with Gasteiger partial charge in [-0.15, -0.1) is 0 Å². The Kier molecular flexibility index (Phi) is 40.9. The molecule has 0 saturated heterocycles. The first-order valence-corrected chi connectivity index (χ1v) is 22.8. The van der Waals surface area contributed by atoms with Gasteiger partial charge in [-0.25, -0.2) is 0 Å². The molecule has 0 bridgehead atoms. The van der Waals surface area contributed by atoms with Crippen LogP contribution in [0.15, 0.2) is 24.3 Å². The van der Waals surface area contributed by atoms with Gasteiger partial charge in [0.05, 0.1) is 0 Å². The second kappa shape index (κ2) is 42.6. The predicted molar refractivity (Wildman–Crippen MR) is 224 cm³/mol. The van der Waals surface area contributed by atoms with E-state index in [9.17, 15) is 14.4 Å². The molecule has 6 nitrogen and oxygen atoms in total. The van der Waals surface area contributed by atoms with E-state index in [1.807, 2.05) is 0 Å². The first kappa shape index (κ1) is 50.9. The van der Waals surface area contributed by atoms with E-state index in [4.69, 9.17) is 14.2 Å². The summed E-state index contributed by atoms with van der Waals surface area (Å²) < 4.78 is 16.6. The summed E-state index contributed by atoms with van der Waals surface area (Å²) in [6, 6.07) is 0. The topological polar surface area (TPSA) is 78.9 Å². The van der Waals surface area contributed by atoms with Gasteiger partial charge in [0.15, 0.2) is 6.10 Å². The Balaban J connectivity index is 4.28. The zero-order chi connectivity index (χ0) is 38.7. The van der Waals surface area contributed by atoms with E-state index >= 15 is 0 Å². The van der Waals surface area contributed by atoms with Crippen LogP contribution >= 0.6 is 0 Å². The summed E-state index contributed by atoms with van der Waals surface area (Å²) >= 11 is 0. The van der Waals surface area contributed by atoms with Crippen molar-refractivity contribution in [2.45, 2.75) is 245 Å². The maximum absolute atomic E-state index is 12.6. The Hall–Kier alpha value is -2.11. The predicted octanol–water partition coefficient (Wildman–Crippen LogP) is 14.4. The van der Waals surface area contributed by atoms with Crippen molar-refractivity contribution in [1.29, 1.82) is 0 Å². The molecule has 0 aliphatic carbocycles. The Morgan fingerprint density at radius 1 is 0.358 bits per heavy atom. The van der Waals surface area contributed by atoms with Gasteiger partial charge >= 0.3 is 17.9 Å². The van der Waals surface area contributed by atoms with Crippen molar-refractivity contribution in [2.24, 2.45) is 0 Å². The fourth-order valence-corrected chi connectivity index (χ4v) is 6.44. The van der Waals surface area contributed by atoms with Crippen LogP contribution in [0.3, 0.4) is 0 Å². The minimum atomic E-state index is -0.780. The summed E-state index contributed by atoms with van der Waals surface area (Å²) in [6.07, 6.45) is 46.0. The molecule has 0 fully saturated rings. The lowest BCUT2D eigenvalue weighted by molar-refractivity contribution is -0.167. The molecule has 0 heterocycles. The number of unbranched alkanes of at least 4 members (excludes halogenated alkanes) is 26. The molecule has 1 unspecified atom stereocenters. The zero-order valence-electron chi connectivity index (χ0n) is 35.3. The van der Waals surface area contributed by atoms with Gasteiger partial charge in [-0.05, 0) is 64.2 Å². The monoisotopic (exact) mass is 747 g/mol. The molecule has 310 valence electrons. The highest BCUT2D eigenvalue weighted by Crippen LogP contribution is 2.14. The van der Waals surface area contributed by atoms with Gasteiger partial charge in [-0.3, -0.25) is 14.4 Å². The molecular formula is C47H86O6. The Bertz CT molecular complexity index is 865. The lowest BCUT2D eigenvalue weighted by atomic mass is 10.1. The van der Waals surface area contributed by atoms with Gasteiger partial charge in [0.25, 0.3) is 0 Å². The molecule has 0 aliphatic rings. The van der Waals surface area contributed by atoms with Crippen molar-refractivity contribution in [3.8, 4) is 0 Å². The van der Waals surface area contributed by atoms with Gasteiger partial charge in [-0.2, -0.15) is 0 Å². The number of hydrogen-bond donors (Lipinski definition) is 0. The van der Waals surface area contributed by atoms with Crippen molar-refractivity contribution >= 4 is 17.9 Å². The van der Waals surface area contributed by atoms with E-state index in [2.05, 4.69) is 45.1 Å². The molecule has 6 heteroatoms. The van der Waals surface area contributed by atoms with Crippen LogP contribution in [-0.2, 0) is 28.6 Å². The number of ether oxygens (including phenoxy) is 3. The van der Waals surface area contributed by atoms with Crippen LogP contribution in [0, 0.1) is 0 Å². The van der Waals surface area contributed by atoms with Crippen LogP contribution in [0.25, 0.3) is 0 Å². The molecule has 1 atom stereocenters. The minimum absolute atomic E-state index is 0.0815. The zero-order valence-corrected chi connectivity index (χ0v) is 35.3. The molecule has 0 aliphatic heterocycles. The summed E-state index contributed by atoms with van der Waals surface area (Å²) in [4.78, 5) is 37.6. The molecular weight excluding hydrogens is 661 g/mol. The van der Waals surface area contributed by atoms with E-state index in [1.165, 1.54) is 141 Å². The fraction of sp³-hybridized carbons (Fsp3) is 0.851. The van der Waals surface area contributed by atoms with Crippen LogP contribution in [0.1, 0.15) is 239 Å². The summed E-state index contributed by atoms with van der Waals surface area (Å²) in [7, 11) is 0. The number of carbonyl (C=O) groups excluding carboxylic acids is 3. The average Bonchev–Trinajstić information content (AvgIpc) is 3.15. The third-order valence-electron chi connectivity index (χ3n) is 9.93. The van der Waals surface area contributed by atoms with E-state index in [0.29, 0.717) is 19.3 Å². The molecule has 0 aromatic carbocycles. The Morgan fingerprint density at radius 2 is 0.642 bits per heavy atom. The summed E-state index contributed by atoms with van der Waals surface area (Å²) in [6.45, 7) is 6.55. The largest absolute Gasteiger partial charge is 0.462 e. The summed E-state index contributed by atoms with van der Waals surface area (Å²) in [5, 5.41) is 0. The van der Waals surface area contributed by atoms with Crippen LogP contribution in [0.4, 0.5) is 0 Å². The van der Waals surface area contributed by atoms with Crippen LogP contribution < -0.4 is 0 Å². The van der Waals surface area contributed by atoms with Gasteiger partial charge in [0.2, 0.25) is 0 Å². The lowest BCUT2D eigenvalue weighted by Crippen LogP contribution is -2.30. The van der Waals surface area contributed by atoms with Gasteiger partial charge in [0, 0.05) is 19.3 Å². The Labute approximate surface area is 328 Å². The maximum atomic E-state index is 12.6. The third kappa shape index (κ3) is 40.9. The lowest BCUT2D eigenvalue weighted by Gasteiger charge is -2.18. The molecule has 0 aromatic rings. The maximum Gasteiger partial charge on any atom is 0.306 e. The standard InChI is InChI=1S/C47H86O6/c1-4-7-10-13-16-19-20-21-22-23-24-25-26-29-31-34-37-40-46(49)52-43-44(53-47(50)41-38-35-32-28-18-15-12-9-6-3)42-51-45(48)39-36-33-30-27-17-14-11-8-5-2/h21-22,28,32,44H,4-20,23-27,29-31,33-43H2,1-3H3/b22-21-,32-28-. The van der Waals surface area contributed by atoms with E-state index in [-0.39, 0.29) is 37.5 Å². The van der Waals surface area contributed by atoms with Crippen LogP contribution in [-0.4, -0.2) is 37.2 Å². The first-order chi connectivity index (χ1) is 26.0. The fourth-order valence-electron chi connectivity index (χ4n) is 6.44. The second-order valence-electron chi connectivity index (χ2n) is 15.3. The third-order valence-corrected chi connectivity index (χ3v) is 9.93. The van der Waals surface area contributed by atoms with E-state index in [1.54, 1.807) is 0 Å². The van der Waals surface area contributed by atoms with E-state index < -0.39 is 6.10 Å². The van der Waals surface area contributed by atoms with Crippen molar-refractivity contribution in [3.63, 3.8) is 0 Å². The summed E-state index contributed by atoms with van der Waals surface area (Å²) in [5.74, 6) is -0.921. The highest BCUT2D eigenvalue weighted by atomic mass is 16.6. The molecule has 0 rings (SSSR count). The molecule has 0 spiro atoms. The number of carbonyl (C=O) groups is 3. The minimum Gasteiger partial charge on any atom is -0.462 e. The molecule has 0 saturated carbocycles.